The van der Waals surface area contributed by atoms with Crippen molar-refractivity contribution in [3.63, 3.8) is 0 Å². The first kappa shape index (κ1) is 14.6. The van der Waals surface area contributed by atoms with Gasteiger partial charge in [0.1, 0.15) is 0 Å². The molecule has 1 N–H and O–H groups in total. The lowest BCUT2D eigenvalue weighted by Crippen LogP contribution is -2.05. The SMILES string of the molecule is COc1cc(C=Cc2ccc(=O)[nH]n2)cc(OC)c1OC. The van der Waals surface area contributed by atoms with Crippen LogP contribution in [0.15, 0.2) is 29.1 Å². The van der Waals surface area contributed by atoms with Crippen LogP contribution in [0.2, 0.25) is 0 Å². The van der Waals surface area contributed by atoms with Crippen molar-refractivity contribution in [2.75, 3.05) is 21.3 Å². The Morgan fingerprint density at radius 3 is 2.14 bits per heavy atom. The number of rotatable bonds is 5. The molecule has 2 aromatic rings. The molecule has 0 aliphatic carbocycles. The standard InChI is InChI=1S/C15H16N2O4/c1-19-12-8-10(9-13(20-2)15(12)21-3)4-5-11-6-7-14(18)17-16-11/h4-9H,1-3H3,(H,17,18). The minimum Gasteiger partial charge on any atom is -0.493 e. The Morgan fingerprint density at radius 2 is 1.67 bits per heavy atom. The van der Waals surface area contributed by atoms with Crippen molar-refractivity contribution in [2.45, 2.75) is 0 Å². The fourth-order valence-corrected chi connectivity index (χ4v) is 1.83. The van der Waals surface area contributed by atoms with Crippen LogP contribution in [0.25, 0.3) is 12.2 Å². The Kier molecular flexibility index (Phi) is 4.61. The molecule has 110 valence electrons. The summed E-state index contributed by atoms with van der Waals surface area (Å²) in [7, 11) is 4.68. The van der Waals surface area contributed by atoms with Crippen LogP contribution in [0.3, 0.4) is 0 Å². The highest BCUT2D eigenvalue weighted by Gasteiger charge is 2.11. The van der Waals surface area contributed by atoms with E-state index in [1.807, 2.05) is 18.2 Å². The Bertz CT molecular complexity index is 662. The van der Waals surface area contributed by atoms with E-state index in [1.165, 1.54) is 6.07 Å². The number of methoxy groups -OCH3 is 3. The minimum absolute atomic E-state index is 0.236. The summed E-state index contributed by atoms with van der Waals surface area (Å²) in [6, 6.07) is 6.70. The van der Waals surface area contributed by atoms with Crippen LogP contribution in [0.5, 0.6) is 17.2 Å². The van der Waals surface area contributed by atoms with Gasteiger partial charge in [-0.05, 0) is 29.8 Å². The molecule has 6 heteroatoms. The molecule has 0 saturated heterocycles. The molecule has 0 saturated carbocycles. The van der Waals surface area contributed by atoms with E-state index in [2.05, 4.69) is 10.2 Å². The van der Waals surface area contributed by atoms with E-state index in [-0.39, 0.29) is 5.56 Å². The zero-order valence-electron chi connectivity index (χ0n) is 12.0. The van der Waals surface area contributed by atoms with E-state index in [0.29, 0.717) is 22.9 Å². The highest BCUT2D eigenvalue weighted by atomic mass is 16.5. The summed E-state index contributed by atoms with van der Waals surface area (Å²) in [5, 5.41) is 6.27. The maximum atomic E-state index is 10.9. The summed E-state index contributed by atoms with van der Waals surface area (Å²) in [5.41, 5.74) is 1.26. The van der Waals surface area contributed by atoms with Crippen LogP contribution in [0.1, 0.15) is 11.3 Å². The maximum absolute atomic E-state index is 10.9. The van der Waals surface area contributed by atoms with Gasteiger partial charge in [0, 0.05) is 6.07 Å². The molecule has 1 aromatic heterocycles. The number of aromatic nitrogens is 2. The molecule has 0 aliphatic rings. The van der Waals surface area contributed by atoms with Crippen LogP contribution in [0.4, 0.5) is 0 Å². The van der Waals surface area contributed by atoms with E-state index in [0.717, 1.165) is 5.56 Å². The third-order valence-electron chi connectivity index (χ3n) is 2.83. The van der Waals surface area contributed by atoms with Crippen LogP contribution < -0.4 is 19.8 Å². The zero-order chi connectivity index (χ0) is 15.2. The predicted octanol–water partition coefficient (Wildman–Crippen LogP) is 1.97. The molecule has 0 aliphatic heterocycles. The van der Waals surface area contributed by atoms with E-state index in [4.69, 9.17) is 14.2 Å². The van der Waals surface area contributed by atoms with Gasteiger partial charge >= 0.3 is 0 Å². The lowest BCUT2D eigenvalue weighted by atomic mass is 10.1. The van der Waals surface area contributed by atoms with Gasteiger partial charge in [0.05, 0.1) is 27.0 Å². The third kappa shape index (κ3) is 3.42. The summed E-state index contributed by atoms with van der Waals surface area (Å²) in [4.78, 5) is 10.9. The molecule has 0 amide bonds. The summed E-state index contributed by atoms with van der Waals surface area (Å²) in [6.45, 7) is 0. The Balaban J connectivity index is 2.35. The van der Waals surface area contributed by atoms with Crippen molar-refractivity contribution in [2.24, 2.45) is 0 Å². The molecular weight excluding hydrogens is 272 g/mol. The Labute approximate surface area is 122 Å². The topological polar surface area (TPSA) is 73.4 Å². The molecule has 0 fully saturated rings. The van der Waals surface area contributed by atoms with Gasteiger partial charge in [-0.3, -0.25) is 4.79 Å². The number of hydrogen-bond acceptors (Lipinski definition) is 5. The average molecular weight is 288 g/mol. The van der Waals surface area contributed by atoms with Gasteiger partial charge in [0.2, 0.25) is 5.75 Å². The van der Waals surface area contributed by atoms with Crippen molar-refractivity contribution in [3.8, 4) is 17.2 Å². The fourth-order valence-electron chi connectivity index (χ4n) is 1.83. The number of nitrogens with one attached hydrogen (secondary N) is 1. The molecule has 6 nitrogen and oxygen atoms in total. The van der Waals surface area contributed by atoms with Crippen molar-refractivity contribution in [1.82, 2.24) is 10.2 Å². The van der Waals surface area contributed by atoms with Gasteiger partial charge in [-0.15, -0.1) is 0 Å². The maximum Gasteiger partial charge on any atom is 0.264 e. The molecule has 1 aromatic carbocycles. The molecule has 0 atom stereocenters. The molecule has 0 radical (unpaired) electrons. The van der Waals surface area contributed by atoms with Crippen molar-refractivity contribution in [3.05, 3.63) is 45.9 Å². The summed E-state index contributed by atoms with van der Waals surface area (Å²) < 4.78 is 15.8. The predicted molar refractivity (Wildman–Crippen MR) is 79.9 cm³/mol. The molecule has 0 spiro atoms. The normalized spacial score (nSPS) is 10.6. The summed E-state index contributed by atoms with van der Waals surface area (Å²) >= 11 is 0. The molecule has 1 heterocycles. The number of nitrogens with zero attached hydrogens (tertiary/aromatic N) is 1. The van der Waals surface area contributed by atoms with Crippen LogP contribution in [0, 0.1) is 0 Å². The smallest absolute Gasteiger partial charge is 0.264 e. The second-order valence-corrected chi connectivity index (χ2v) is 4.14. The van der Waals surface area contributed by atoms with Gasteiger partial charge in [-0.2, -0.15) is 5.10 Å². The first-order valence-corrected chi connectivity index (χ1v) is 6.21. The molecule has 2 rings (SSSR count). The lowest BCUT2D eigenvalue weighted by Gasteiger charge is -2.12. The van der Waals surface area contributed by atoms with Crippen LogP contribution in [-0.4, -0.2) is 31.5 Å². The highest BCUT2D eigenvalue weighted by molar-refractivity contribution is 5.71. The highest BCUT2D eigenvalue weighted by Crippen LogP contribution is 2.38. The lowest BCUT2D eigenvalue weighted by molar-refractivity contribution is 0.324. The zero-order valence-corrected chi connectivity index (χ0v) is 12.0. The van der Waals surface area contributed by atoms with Gasteiger partial charge in [-0.1, -0.05) is 6.08 Å². The monoisotopic (exact) mass is 288 g/mol. The van der Waals surface area contributed by atoms with Crippen molar-refractivity contribution < 1.29 is 14.2 Å². The van der Waals surface area contributed by atoms with Crippen LogP contribution in [-0.2, 0) is 0 Å². The second kappa shape index (κ2) is 6.60. The van der Waals surface area contributed by atoms with E-state index in [9.17, 15) is 4.79 Å². The second-order valence-electron chi connectivity index (χ2n) is 4.14. The first-order valence-electron chi connectivity index (χ1n) is 6.21. The van der Waals surface area contributed by atoms with Crippen molar-refractivity contribution in [1.29, 1.82) is 0 Å². The molecule has 0 bridgehead atoms. The van der Waals surface area contributed by atoms with Gasteiger partial charge in [0.25, 0.3) is 5.56 Å². The summed E-state index contributed by atoms with van der Waals surface area (Å²) in [6.07, 6.45) is 3.61. The summed E-state index contributed by atoms with van der Waals surface area (Å²) in [5.74, 6) is 1.69. The average Bonchev–Trinajstić information content (AvgIpc) is 2.53. The number of hydrogen-bond donors (Lipinski definition) is 1. The fraction of sp³-hybridized carbons (Fsp3) is 0.200. The number of aromatic amines is 1. The van der Waals surface area contributed by atoms with Gasteiger partial charge < -0.3 is 14.2 Å². The molecule has 21 heavy (non-hydrogen) atoms. The van der Waals surface area contributed by atoms with Gasteiger partial charge in [0.15, 0.2) is 11.5 Å². The van der Waals surface area contributed by atoms with Crippen LogP contribution >= 0.6 is 0 Å². The Hall–Kier alpha value is -2.76. The molecular formula is C15H16N2O4. The number of ether oxygens (including phenoxy) is 3. The van der Waals surface area contributed by atoms with Crippen molar-refractivity contribution >= 4 is 12.2 Å². The minimum atomic E-state index is -0.236. The number of H-pyrrole nitrogens is 1. The Morgan fingerprint density at radius 1 is 1.00 bits per heavy atom. The van der Waals surface area contributed by atoms with E-state index < -0.39 is 0 Å². The quantitative estimate of drug-likeness (QED) is 0.910. The van der Waals surface area contributed by atoms with Gasteiger partial charge in [-0.25, -0.2) is 5.10 Å². The largest absolute Gasteiger partial charge is 0.493 e. The molecule has 0 unspecified atom stereocenters. The number of benzene rings is 1. The van der Waals surface area contributed by atoms with E-state index in [1.54, 1.807) is 33.5 Å². The van der Waals surface area contributed by atoms with E-state index >= 15 is 0 Å². The first-order chi connectivity index (χ1) is 10.2. The third-order valence-corrected chi connectivity index (χ3v) is 2.83.